The number of rotatable bonds is 8. The van der Waals surface area contributed by atoms with Crippen LogP contribution in [0.5, 0.6) is 11.5 Å². The number of benzene rings is 1. The second-order valence-corrected chi connectivity index (χ2v) is 17.3. The number of hydrogen-bond donors (Lipinski definition) is 0. The minimum atomic E-state index is -1.77. The van der Waals surface area contributed by atoms with Crippen LogP contribution in [-0.2, 0) is 6.42 Å². The van der Waals surface area contributed by atoms with E-state index in [4.69, 9.17) is 8.85 Å². The van der Waals surface area contributed by atoms with E-state index in [9.17, 15) is 4.79 Å². The first-order valence-electron chi connectivity index (χ1n) is 8.41. The highest BCUT2D eigenvalue weighted by Crippen LogP contribution is 2.32. The maximum absolute atomic E-state index is 11.5. The van der Waals surface area contributed by atoms with Crippen molar-refractivity contribution in [2.45, 2.75) is 66.0 Å². The molecule has 1 rings (SSSR count). The van der Waals surface area contributed by atoms with Crippen molar-refractivity contribution in [3.05, 3.63) is 23.3 Å². The molecular formula is C18H32O3Si2. The topological polar surface area (TPSA) is 35.5 Å². The molecule has 0 heterocycles. The van der Waals surface area contributed by atoms with Crippen molar-refractivity contribution in [3.63, 3.8) is 0 Å². The first kappa shape index (κ1) is 20.0. The van der Waals surface area contributed by atoms with Gasteiger partial charge in [0.25, 0.3) is 0 Å². The molecule has 0 fully saturated rings. The Hall–Kier alpha value is -1.08. The highest BCUT2D eigenvalue weighted by atomic mass is 28.4. The lowest BCUT2D eigenvalue weighted by molar-refractivity contribution is 0.112. The van der Waals surface area contributed by atoms with E-state index in [0.29, 0.717) is 17.2 Å². The first-order chi connectivity index (χ1) is 10.4. The van der Waals surface area contributed by atoms with E-state index in [1.54, 1.807) is 0 Å². The molecular weight excluding hydrogens is 320 g/mol. The molecule has 0 aliphatic carbocycles. The molecule has 5 heteroatoms. The molecule has 0 aliphatic rings. The molecule has 0 aliphatic heterocycles. The largest absolute Gasteiger partial charge is 0.544 e. The van der Waals surface area contributed by atoms with Gasteiger partial charge in [-0.1, -0.05) is 13.8 Å². The Bertz CT molecular complexity index is 540. The van der Waals surface area contributed by atoms with Crippen LogP contribution in [0.1, 0.15) is 36.2 Å². The second-order valence-electron chi connectivity index (χ2n) is 8.48. The Labute approximate surface area is 143 Å². The van der Waals surface area contributed by atoms with Crippen molar-refractivity contribution in [2.24, 2.45) is 5.92 Å². The minimum Gasteiger partial charge on any atom is -0.544 e. The van der Waals surface area contributed by atoms with Crippen molar-refractivity contribution in [1.82, 2.24) is 0 Å². The maximum Gasteiger partial charge on any atom is 0.242 e. The Morgan fingerprint density at radius 1 is 0.957 bits per heavy atom. The first-order valence-corrected chi connectivity index (χ1v) is 15.2. The summed E-state index contributed by atoms with van der Waals surface area (Å²) in [5, 5.41) is 0. The summed E-state index contributed by atoms with van der Waals surface area (Å²) >= 11 is 0. The molecule has 0 saturated heterocycles. The molecule has 0 unspecified atom stereocenters. The molecule has 1 aromatic carbocycles. The summed E-state index contributed by atoms with van der Waals surface area (Å²) in [6.07, 6.45) is 2.91. The Morgan fingerprint density at radius 3 is 1.91 bits per heavy atom. The van der Waals surface area contributed by atoms with E-state index < -0.39 is 16.6 Å². The van der Waals surface area contributed by atoms with Gasteiger partial charge in [-0.3, -0.25) is 4.79 Å². The third kappa shape index (κ3) is 7.35. The lowest BCUT2D eigenvalue weighted by Crippen LogP contribution is -2.31. The van der Waals surface area contributed by atoms with Crippen LogP contribution >= 0.6 is 0 Å². The molecule has 0 atom stereocenters. The zero-order valence-corrected chi connectivity index (χ0v) is 17.9. The smallest absolute Gasteiger partial charge is 0.242 e. The van der Waals surface area contributed by atoms with E-state index in [-0.39, 0.29) is 0 Å². The van der Waals surface area contributed by atoms with E-state index in [2.05, 4.69) is 53.1 Å². The van der Waals surface area contributed by atoms with Crippen molar-refractivity contribution < 1.29 is 13.6 Å². The van der Waals surface area contributed by atoms with Gasteiger partial charge in [-0.2, -0.15) is 0 Å². The minimum absolute atomic E-state index is 0.592. The van der Waals surface area contributed by atoms with E-state index in [1.807, 2.05) is 12.1 Å². The molecule has 1 aromatic rings. The van der Waals surface area contributed by atoms with Crippen LogP contribution in [0.25, 0.3) is 0 Å². The van der Waals surface area contributed by atoms with Crippen LogP contribution in [0.2, 0.25) is 39.3 Å². The SMILES string of the molecule is CC(C)CCc1cc(O[Si](C)(C)C)c(C=O)cc1O[Si](C)(C)C. The lowest BCUT2D eigenvalue weighted by Gasteiger charge is -2.25. The molecule has 0 radical (unpaired) electrons. The summed E-state index contributed by atoms with van der Waals surface area (Å²) in [6.45, 7) is 17.3. The molecule has 0 bridgehead atoms. The van der Waals surface area contributed by atoms with Gasteiger partial charge in [0.05, 0.1) is 5.56 Å². The van der Waals surface area contributed by atoms with Crippen LogP contribution in [0, 0.1) is 5.92 Å². The van der Waals surface area contributed by atoms with Gasteiger partial charge >= 0.3 is 0 Å². The number of hydrogen-bond acceptors (Lipinski definition) is 3. The van der Waals surface area contributed by atoms with Crippen LogP contribution < -0.4 is 8.85 Å². The molecule has 130 valence electrons. The predicted octanol–water partition coefficient (Wildman–Crippen LogP) is 5.52. The third-order valence-electron chi connectivity index (χ3n) is 3.14. The van der Waals surface area contributed by atoms with E-state index >= 15 is 0 Å². The second kappa shape index (κ2) is 7.66. The third-order valence-corrected chi connectivity index (χ3v) is 4.81. The van der Waals surface area contributed by atoms with Crippen molar-refractivity contribution in [3.8, 4) is 11.5 Å². The fourth-order valence-corrected chi connectivity index (χ4v) is 3.88. The van der Waals surface area contributed by atoms with Gasteiger partial charge in [-0.05, 0) is 75.7 Å². The van der Waals surface area contributed by atoms with Crippen molar-refractivity contribution in [2.75, 3.05) is 0 Å². The van der Waals surface area contributed by atoms with E-state index in [0.717, 1.165) is 30.4 Å². The monoisotopic (exact) mass is 352 g/mol. The number of carbonyl (C=O) groups is 1. The summed E-state index contributed by atoms with van der Waals surface area (Å²) in [5.74, 6) is 2.19. The quantitative estimate of drug-likeness (QED) is 0.457. The molecule has 0 saturated carbocycles. The fourth-order valence-electron chi connectivity index (χ4n) is 2.19. The number of aryl methyl sites for hydroxylation is 1. The summed E-state index contributed by atoms with van der Waals surface area (Å²) in [7, 11) is -3.50. The zero-order chi connectivity index (χ0) is 17.8. The molecule has 3 nitrogen and oxygen atoms in total. The average Bonchev–Trinajstić information content (AvgIpc) is 2.34. The van der Waals surface area contributed by atoms with Crippen LogP contribution in [-0.4, -0.2) is 22.9 Å². The van der Waals surface area contributed by atoms with Crippen molar-refractivity contribution >= 4 is 22.9 Å². The fraction of sp³-hybridized carbons (Fsp3) is 0.611. The van der Waals surface area contributed by atoms with Gasteiger partial charge in [0, 0.05) is 0 Å². The summed E-state index contributed by atoms with van der Waals surface area (Å²) < 4.78 is 12.3. The zero-order valence-electron chi connectivity index (χ0n) is 15.9. The standard InChI is InChI=1S/C18H32O3Si2/c1-14(2)9-10-15-11-18(21-23(6,7)8)16(13-19)12-17(15)20-22(3,4)5/h11-14H,9-10H2,1-8H3. The van der Waals surface area contributed by atoms with Gasteiger partial charge in [0.2, 0.25) is 16.6 Å². The maximum atomic E-state index is 11.5. The summed E-state index contributed by atoms with van der Waals surface area (Å²) in [4.78, 5) is 11.5. The Balaban J connectivity index is 3.29. The van der Waals surface area contributed by atoms with Gasteiger partial charge in [-0.25, -0.2) is 0 Å². The predicted molar refractivity (Wildman–Crippen MR) is 103 cm³/mol. The average molecular weight is 353 g/mol. The Kier molecular flexibility index (Phi) is 6.65. The van der Waals surface area contributed by atoms with Gasteiger partial charge in [-0.15, -0.1) is 0 Å². The van der Waals surface area contributed by atoms with E-state index in [1.165, 1.54) is 0 Å². The van der Waals surface area contributed by atoms with Gasteiger partial charge < -0.3 is 8.85 Å². The van der Waals surface area contributed by atoms with Crippen molar-refractivity contribution in [1.29, 1.82) is 0 Å². The van der Waals surface area contributed by atoms with Crippen LogP contribution in [0.4, 0.5) is 0 Å². The number of carbonyl (C=O) groups excluding carboxylic acids is 1. The molecule has 0 aromatic heterocycles. The molecule has 0 amide bonds. The Morgan fingerprint density at radius 2 is 1.48 bits per heavy atom. The van der Waals surface area contributed by atoms with Gasteiger partial charge in [0.1, 0.15) is 11.5 Å². The van der Waals surface area contributed by atoms with Crippen LogP contribution in [0.15, 0.2) is 12.1 Å². The molecule has 23 heavy (non-hydrogen) atoms. The summed E-state index contributed by atoms with van der Waals surface area (Å²) in [5.41, 5.74) is 1.74. The highest BCUT2D eigenvalue weighted by molar-refractivity contribution is 6.70. The van der Waals surface area contributed by atoms with Gasteiger partial charge in [0.15, 0.2) is 6.29 Å². The number of aldehydes is 1. The molecule has 0 spiro atoms. The summed E-state index contributed by atoms with van der Waals surface area (Å²) in [6, 6.07) is 3.90. The highest BCUT2D eigenvalue weighted by Gasteiger charge is 2.23. The lowest BCUT2D eigenvalue weighted by atomic mass is 10.0. The van der Waals surface area contributed by atoms with Crippen LogP contribution in [0.3, 0.4) is 0 Å². The molecule has 0 N–H and O–H groups in total. The normalized spacial score (nSPS) is 12.4.